The van der Waals surface area contributed by atoms with Crippen LogP contribution in [0.2, 0.25) is 0 Å². The zero-order valence-corrected chi connectivity index (χ0v) is 19.4. The van der Waals surface area contributed by atoms with Crippen LogP contribution >= 0.6 is 0 Å². The number of unbranched alkanes of at least 4 members (excludes halogenated alkanes) is 1. The molecule has 1 aliphatic rings. The van der Waals surface area contributed by atoms with Crippen molar-refractivity contribution in [3.05, 3.63) is 65.2 Å². The molecule has 172 valence electrons. The van der Waals surface area contributed by atoms with Crippen LogP contribution in [-0.2, 0) is 9.53 Å². The third-order valence-electron chi connectivity index (χ3n) is 6.39. The van der Waals surface area contributed by atoms with Gasteiger partial charge in [0.25, 0.3) is 0 Å². The molecule has 0 aromatic heterocycles. The molecular formula is C27H36N2O3. The summed E-state index contributed by atoms with van der Waals surface area (Å²) in [5.74, 6) is -1.15. The Kier molecular flexibility index (Phi) is 8.72. The molecule has 2 aromatic carbocycles. The van der Waals surface area contributed by atoms with Crippen molar-refractivity contribution in [3.63, 3.8) is 0 Å². The largest absolute Gasteiger partial charge is 0.462 e. The van der Waals surface area contributed by atoms with Crippen molar-refractivity contribution in [1.29, 1.82) is 0 Å². The maximum absolute atomic E-state index is 12.8. The van der Waals surface area contributed by atoms with Crippen LogP contribution in [0.1, 0.15) is 85.7 Å². The quantitative estimate of drug-likeness (QED) is 0.506. The van der Waals surface area contributed by atoms with Crippen LogP contribution in [0.5, 0.6) is 0 Å². The minimum atomic E-state index is -0.455. The van der Waals surface area contributed by atoms with Gasteiger partial charge in [-0.05, 0) is 61.9 Å². The molecule has 1 saturated heterocycles. The molecule has 3 rings (SSSR count). The maximum Gasteiger partial charge on any atom is 0.338 e. The number of anilines is 1. The molecule has 1 aliphatic heterocycles. The molecule has 1 amide bonds. The zero-order chi connectivity index (χ0) is 22.9. The molecule has 0 saturated carbocycles. The number of carbonyl (C=O) groups excluding carboxylic acids is 2. The first kappa shape index (κ1) is 23.8. The van der Waals surface area contributed by atoms with E-state index in [1.807, 2.05) is 12.1 Å². The molecule has 1 fully saturated rings. The van der Waals surface area contributed by atoms with Gasteiger partial charge in [0, 0.05) is 24.7 Å². The summed E-state index contributed by atoms with van der Waals surface area (Å²) < 4.78 is 5.09. The van der Waals surface area contributed by atoms with Gasteiger partial charge in [-0.2, -0.15) is 0 Å². The van der Waals surface area contributed by atoms with E-state index in [1.165, 1.54) is 30.5 Å². The van der Waals surface area contributed by atoms with Crippen LogP contribution < -0.4 is 10.6 Å². The number of piperidine rings is 1. The summed E-state index contributed by atoms with van der Waals surface area (Å²) in [6.45, 7) is 6.38. The number of hydrogen-bond donors (Lipinski definition) is 1. The van der Waals surface area contributed by atoms with Crippen LogP contribution in [0.4, 0.5) is 5.69 Å². The molecule has 32 heavy (non-hydrogen) atoms. The molecule has 2 atom stereocenters. The molecule has 0 aliphatic carbocycles. The summed E-state index contributed by atoms with van der Waals surface area (Å²) in [6, 6.07) is 15.7. The Hall–Kier alpha value is -2.82. The van der Waals surface area contributed by atoms with Crippen molar-refractivity contribution >= 4 is 17.6 Å². The third-order valence-corrected chi connectivity index (χ3v) is 6.39. The highest BCUT2D eigenvalue weighted by molar-refractivity contribution is 5.90. The van der Waals surface area contributed by atoms with Crippen molar-refractivity contribution < 1.29 is 14.3 Å². The highest BCUT2D eigenvalue weighted by Crippen LogP contribution is 2.41. The molecule has 0 bridgehead atoms. The fourth-order valence-electron chi connectivity index (χ4n) is 4.79. The van der Waals surface area contributed by atoms with Gasteiger partial charge in [0.1, 0.15) is 0 Å². The van der Waals surface area contributed by atoms with Gasteiger partial charge in [0.15, 0.2) is 0 Å². The minimum Gasteiger partial charge on any atom is -0.462 e. The standard InChI is InChI=1S/C27H36N2O3/c1-3-5-11-23(22-12-7-8-13-24(22)29-18-9-6-10-19-29)25(26(28)30)20-14-16-21(17-15-20)27(31)32-4-2/h7-8,12-17,23,25H,3-6,9-11,18-19H2,1-2H3,(H2,28,30). The van der Waals surface area contributed by atoms with Crippen LogP contribution in [-0.4, -0.2) is 31.6 Å². The number of primary amides is 1. The van der Waals surface area contributed by atoms with E-state index in [1.54, 1.807) is 19.1 Å². The number of nitrogens with zero attached hydrogens (tertiary/aromatic N) is 1. The molecule has 0 radical (unpaired) electrons. The second-order valence-electron chi connectivity index (χ2n) is 8.58. The topological polar surface area (TPSA) is 72.6 Å². The van der Waals surface area contributed by atoms with E-state index in [9.17, 15) is 9.59 Å². The van der Waals surface area contributed by atoms with Gasteiger partial charge in [0.05, 0.1) is 18.1 Å². The highest BCUT2D eigenvalue weighted by atomic mass is 16.5. The molecule has 1 heterocycles. The van der Waals surface area contributed by atoms with E-state index < -0.39 is 5.92 Å². The highest BCUT2D eigenvalue weighted by Gasteiger charge is 2.32. The summed E-state index contributed by atoms with van der Waals surface area (Å²) >= 11 is 0. The average Bonchev–Trinajstić information content (AvgIpc) is 2.82. The second kappa shape index (κ2) is 11.7. The monoisotopic (exact) mass is 436 g/mol. The Bertz CT molecular complexity index is 888. The number of rotatable bonds is 10. The normalized spacial score (nSPS) is 15.8. The van der Waals surface area contributed by atoms with E-state index in [-0.39, 0.29) is 17.8 Å². The molecule has 0 spiro atoms. The number of benzene rings is 2. The molecule has 5 nitrogen and oxygen atoms in total. The first-order chi connectivity index (χ1) is 15.6. The van der Waals surface area contributed by atoms with E-state index in [2.05, 4.69) is 36.1 Å². The van der Waals surface area contributed by atoms with Crippen LogP contribution in [0.25, 0.3) is 0 Å². The SMILES string of the molecule is CCCCC(c1ccccc1N1CCCCC1)C(C(N)=O)c1ccc(C(=O)OCC)cc1. The molecule has 5 heteroatoms. The Morgan fingerprint density at radius 2 is 1.69 bits per heavy atom. The number of ether oxygens (including phenoxy) is 1. The van der Waals surface area contributed by atoms with Gasteiger partial charge in [-0.3, -0.25) is 4.79 Å². The molecule has 2 N–H and O–H groups in total. The number of hydrogen-bond acceptors (Lipinski definition) is 4. The van der Waals surface area contributed by atoms with Crippen molar-refractivity contribution in [3.8, 4) is 0 Å². The second-order valence-corrected chi connectivity index (χ2v) is 8.58. The fraction of sp³-hybridized carbons (Fsp3) is 0.481. The molecule has 2 unspecified atom stereocenters. The van der Waals surface area contributed by atoms with E-state index in [0.29, 0.717) is 12.2 Å². The van der Waals surface area contributed by atoms with Gasteiger partial charge in [-0.1, -0.05) is 50.1 Å². The molecular weight excluding hydrogens is 400 g/mol. The first-order valence-corrected chi connectivity index (χ1v) is 12.0. The lowest BCUT2D eigenvalue weighted by Gasteiger charge is -2.34. The summed E-state index contributed by atoms with van der Waals surface area (Å²) in [6.07, 6.45) is 6.62. The summed E-state index contributed by atoms with van der Waals surface area (Å²) in [5.41, 5.74) is 9.76. The maximum atomic E-state index is 12.8. The lowest BCUT2D eigenvalue weighted by Crippen LogP contribution is -2.32. The minimum absolute atomic E-state index is 0.0148. The van der Waals surface area contributed by atoms with E-state index in [4.69, 9.17) is 10.5 Å². The summed E-state index contributed by atoms with van der Waals surface area (Å²) in [4.78, 5) is 27.3. The van der Waals surface area contributed by atoms with Crippen LogP contribution in [0.3, 0.4) is 0 Å². The molecule has 2 aromatic rings. The Balaban J connectivity index is 1.99. The van der Waals surface area contributed by atoms with Gasteiger partial charge in [-0.15, -0.1) is 0 Å². The lowest BCUT2D eigenvalue weighted by molar-refractivity contribution is -0.120. The Labute approximate surface area is 191 Å². The van der Waals surface area contributed by atoms with Gasteiger partial charge in [-0.25, -0.2) is 4.79 Å². The predicted octanol–water partition coefficient (Wildman–Crippen LogP) is 5.40. The van der Waals surface area contributed by atoms with Crippen molar-refractivity contribution in [2.75, 3.05) is 24.6 Å². The number of esters is 1. The lowest BCUT2D eigenvalue weighted by atomic mass is 9.77. The summed E-state index contributed by atoms with van der Waals surface area (Å²) in [5, 5.41) is 0. The van der Waals surface area contributed by atoms with Crippen molar-refractivity contribution in [2.24, 2.45) is 5.73 Å². The van der Waals surface area contributed by atoms with E-state index >= 15 is 0 Å². The summed E-state index contributed by atoms with van der Waals surface area (Å²) in [7, 11) is 0. The van der Waals surface area contributed by atoms with Gasteiger partial charge < -0.3 is 15.4 Å². The average molecular weight is 437 g/mol. The Morgan fingerprint density at radius 3 is 2.31 bits per heavy atom. The van der Waals surface area contributed by atoms with Crippen molar-refractivity contribution in [1.82, 2.24) is 0 Å². The third kappa shape index (κ3) is 5.70. The number of para-hydroxylation sites is 1. The zero-order valence-electron chi connectivity index (χ0n) is 19.4. The number of amides is 1. The smallest absolute Gasteiger partial charge is 0.338 e. The van der Waals surface area contributed by atoms with Crippen molar-refractivity contribution in [2.45, 2.75) is 64.2 Å². The fourth-order valence-corrected chi connectivity index (χ4v) is 4.79. The van der Waals surface area contributed by atoms with Gasteiger partial charge >= 0.3 is 5.97 Å². The number of nitrogens with two attached hydrogens (primary N) is 1. The first-order valence-electron chi connectivity index (χ1n) is 12.0. The number of carbonyl (C=O) groups is 2. The predicted molar refractivity (Wildman–Crippen MR) is 129 cm³/mol. The van der Waals surface area contributed by atoms with E-state index in [0.717, 1.165) is 37.9 Å². The van der Waals surface area contributed by atoms with Gasteiger partial charge in [0.2, 0.25) is 5.91 Å². The van der Waals surface area contributed by atoms with Crippen LogP contribution in [0, 0.1) is 0 Å². The Morgan fingerprint density at radius 1 is 1.00 bits per heavy atom. The van der Waals surface area contributed by atoms with Crippen LogP contribution in [0.15, 0.2) is 48.5 Å².